The van der Waals surface area contributed by atoms with Crippen LogP contribution in [0.4, 0.5) is 37.7 Å². The smallest absolute Gasteiger partial charge is 0.393 e. The molecule has 2 aromatic carbocycles. The van der Waals surface area contributed by atoms with Crippen LogP contribution in [0.3, 0.4) is 0 Å². The molecule has 0 spiro atoms. The van der Waals surface area contributed by atoms with Crippen LogP contribution in [-0.2, 0) is 11.0 Å². The minimum atomic E-state index is -4.48. The Kier molecular flexibility index (Phi) is 10.6. The number of benzene rings is 2. The maximum Gasteiger partial charge on any atom is 0.393 e. The van der Waals surface area contributed by atoms with Crippen LogP contribution < -0.4 is 20.7 Å². The van der Waals surface area contributed by atoms with Crippen molar-refractivity contribution in [3.05, 3.63) is 46.8 Å². The molecule has 1 aliphatic rings. The zero-order chi connectivity index (χ0) is 31.4. The quantitative estimate of drug-likeness (QED) is 0.136. The number of likely N-dealkylation sites (tertiary alicyclic amines) is 1. The van der Waals surface area contributed by atoms with E-state index in [-0.39, 0.29) is 35.0 Å². The van der Waals surface area contributed by atoms with Crippen molar-refractivity contribution < 1.29 is 35.6 Å². The SMILES string of the molecule is CCP(=O)(CC)c1ccc(NCC#Cc2sc3c(N[C@H]4CCN(C)C[C@@H]4F)cccc3c2CC(F)(F)F)c(OC(F)F)c1. The number of halogens is 6. The monoisotopic (exact) mass is 645 g/mol. The molecule has 0 saturated carbocycles. The summed E-state index contributed by atoms with van der Waals surface area (Å²) >= 11 is 1.10. The fourth-order valence-electron chi connectivity index (χ4n) is 5.14. The molecule has 3 aromatic rings. The molecule has 4 rings (SSSR count). The lowest BCUT2D eigenvalue weighted by atomic mass is 10.0. The largest absolute Gasteiger partial charge is 0.433 e. The van der Waals surface area contributed by atoms with Crippen molar-refractivity contribution in [2.24, 2.45) is 0 Å². The van der Waals surface area contributed by atoms with Gasteiger partial charge in [-0.05, 0) is 48.7 Å². The first-order chi connectivity index (χ1) is 20.3. The predicted octanol–water partition coefficient (Wildman–Crippen LogP) is 7.55. The summed E-state index contributed by atoms with van der Waals surface area (Å²) < 4.78 is 100. The lowest BCUT2D eigenvalue weighted by Crippen LogP contribution is -2.46. The molecule has 5 nitrogen and oxygen atoms in total. The Balaban J connectivity index is 1.61. The van der Waals surface area contributed by atoms with E-state index in [0.717, 1.165) is 11.3 Å². The Morgan fingerprint density at radius 1 is 1.16 bits per heavy atom. The van der Waals surface area contributed by atoms with Crippen LogP contribution in [0.1, 0.15) is 30.7 Å². The third-order valence-electron chi connectivity index (χ3n) is 7.52. The minimum absolute atomic E-state index is 0.0322. The van der Waals surface area contributed by atoms with E-state index in [1.807, 2.05) is 11.9 Å². The third kappa shape index (κ3) is 8.20. The van der Waals surface area contributed by atoms with Crippen molar-refractivity contribution >= 4 is 45.2 Å². The molecule has 2 heterocycles. The van der Waals surface area contributed by atoms with E-state index in [1.165, 1.54) is 12.1 Å². The third-order valence-corrected chi connectivity index (χ3v) is 12.0. The fourth-order valence-corrected chi connectivity index (χ4v) is 8.18. The van der Waals surface area contributed by atoms with Gasteiger partial charge in [0, 0.05) is 30.7 Å². The van der Waals surface area contributed by atoms with Crippen LogP contribution in [0.5, 0.6) is 5.75 Å². The lowest BCUT2D eigenvalue weighted by molar-refractivity contribution is -0.126. The Labute approximate surface area is 251 Å². The molecule has 1 aromatic heterocycles. The van der Waals surface area contributed by atoms with Crippen molar-refractivity contribution in [3.63, 3.8) is 0 Å². The van der Waals surface area contributed by atoms with Gasteiger partial charge in [-0.2, -0.15) is 22.0 Å². The summed E-state index contributed by atoms with van der Waals surface area (Å²) in [4.78, 5) is 2.11. The van der Waals surface area contributed by atoms with Crippen molar-refractivity contribution in [2.45, 2.75) is 51.7 Å². The standard InChI is InChI=1S/C30H34F6N3O2PS/c1-4-42(40,5-2)19-11-12-24(26(16-19)41-29(32)33)37-14-7-10-27-21(17-30(34,35)36)20-8-6-9-25(28(20)43-27)38-23-13-15-39(3)18-22(23)31/h6,8-9,11-12,16,22-23,29,37-38H,4-5,13-15,17-18H2,1-3H3/t22-,23-/m0/s1. The second-order valence-corrected chi connectivity index (χ2v) is 15.0. The summed E-state index contributed by atoms with van der Waals surface area (Å²) in [5.74, 6) is 5.43. The maximum atomic E-state index is 14.7. The molecule has 1 fully saturated rings. The van der Waals surface area contributed by atoms with Crippen LogP contribution in [0.2, 0.25) is 0 Å². The molecule has 234 valence electrons. The summed E-state index contributed by atoms with van der Waals surface area (Å²) in [6.45, 7) is 1.31. The summed E-state index contributed by atoms with van der Waals surface area (Å²) in [5, 5.41) is 6.91. The van der Waals surface area contributed by atoms with Crippen molar-refractivity contribution in [3.8, 4) is 17.6 Å². The summed E-state index contributed by atoms with van der Waals surface area (Å²) in [7, 11) is -0.917. The van der Waals surface area contributed by atoms with E-state index < -0.39 is 38.6 Å². The average Bonchev–Trinajstić information content (AvgIpc) is 3.29. The first-order valence-electron chi connectivity index (χ1n) is 13.9. The van der Waals surface area contributed by atoms with Gasteiger partial charge >= 0.3 is 12.8 Å². The number of hydrogen-bond acceptors (Lipinski definition) is 6. The van der Waals surface area contributed by atoms with Crippen LogP contribution in [-0.4, -0.2) is 68.9 Å². The average molecular weight is 646 g/mol. The van der Waals surface area contributed by atoms with E-state index in [4.69, 9.17) is 0 Å². The molecule has 43 heavy (non-hydrogen) atoms. The molecule has 0 unspecified atom stereocenters. The fraction of sp³-hybridized carbons (Fsp3) is 0.467. The van der Waals surface area contributed by atoms with Crippen molar-refractivity contribution in [1.29, 1.82) is 0 Å². The number of nitrogens with zero attached hydrogens (tertiary/aromatic N) is 1. The molecule has 2 atom stereocenters. The van der Waals surface area contributed by atoms with Gasteiger partial charge in [-0.15, -0.1) is 11.3 Å². The molecular weight excluding hydrogens is 611 g/mol. The number of thiophene rings is 1. The predicted molar refractivity (Wildman–Crippen MR) is 163 cm³/mol. The highest BCUT2D eigenvalue weighted by Gasteiger charge is 2.32. The Hall–Kier alpha value is -2.87. The first kappa shape index (κ1) is 33.0. The summed E-state index contributed by atoms with van der Waals surface area (Å²) in [5.41, 5.74) is 0.777. The van der Waals surface area contributed by atoms with E-state index >= 15 is 0 Å². The number of ether oxygens (including phenoxy) is 1. The highest BCUT2D eigenvalue weighted by atomic mass is 32.1. The zero-order valence-corrected chi connectivity index (χ0v) is 25.7. The molecule has 0 amide bonds. The number of hydrogen-bond donors (Lipinski definition) is 2. The molecule has 0 bridgehead atoms. The van der Waals surface area contributed by atoms with Gasteiger partial charge in [-0.1, -0.05) is 37.8 Å². The van der Waals surface area contributed by atoms with Crippen molar-refractivity contribution in [1.82, 2.24) is 4.90 Å². The normalized spacial score (nSPS) is 18.0. The summed E-state index contributed by atoms with van der Waals surface area (Å²) in [6, 6.07) is 8.92. The van der Waals surface area contributed by atoms with E-state index in [1.54, 1.807) is 38.1 Å². The lowest BCUT2D eigenvalue weighted by Gasteiger charge is -2.33. The summed E-state index contributed by atoms with van der Waals surface area (Å²) in [6.07, 6.45) is -5.50. The number of piperidine rings is 1. The van der Waals surface area contributed by atoms with Gasteiger partial charge in [-0.25, -0.2) is 4.39 Å². The molecular formula is C30H34F6N3O2PS. The van der Waals surface area contributed by atoms with Gasteiger partial charge in [-0.3, -0.25) is 0 Å². The topological polar surface area (TPSA) is 53.6 Å². The molecule has 0 aliphatic carbocycles. The Bertz CT molecular complexity index is 1530. The van der Waals surface area contributed by atoms with Gasteiger partial charge in [0.25, 0.3) is 0 Å². The molecule has 13 heteroatoms. The molecule has 2 N–H and O–H groups in total. The molecule has 1 aliphatic heterocycles. The van der Waals surface area contributed by atoms with Gasteiger partial charge in [0.2, 0.25) is 0 Å². The highest BCUT2D eigenvalue weighted by molar-refractivity contribution is 7.71. The van der Waals surface area contributed by atoms with Gasteiger partial charge in [0.1, 0.15) is 19.1 Å². The number of nitrogens with one attached hydrogen (secondary N) is 2. The van der Waals surface area contributed by atoms with Crippen LogP contribution in [0.25, 0.3) is 10.1 Å². The number of rotatable bonds is 10. The second kappa shape index (κ2) is 13.8. The van der Waals surface area contributed by atoms with Crippen LogP contribution >= 0.6 is 18.5 Å². The molecule has 1 saturated heterocycles. The van der Waals surface area contributed by atoms with E-state index in [2.05, 4.69) is 27.2 Å². The minimum Gasteiger partial charge on any atom is -0.433 e. The second-order valence-electron chi connectivity index (χ2n) is 10.4. The first-order valence-corrected chi connectivity index (χ1v) is 16.8. The number of fused-ring (bicyclic) bond motifs is 1. The van der Waals surface area contributed by atoms with Gasteiger partial charge in [0.15, 0.2) is 0 Å². The number of alkyl halides is 6. The van der Waals surface area contributed by atoms with Crippen LogP contribution in [0.15, 0.2) is 36.4 Å². The van der Waals surface area contributed by atoms with Gasteiger partial charge < -0.3 is 24.8 Å². The Morgan fingerprint density at radius 2 is 1.91 bits per heavy atom. The van der Waals surface area contributed by atoms with E-state index in [0.29, 0.717) is 46.4 Å². The van der Waals surface area contributed by atoms with Crippen molar-refractivity contribution in [2.75, 3.05) is 49.6 Å². The number of anilines is 2. The van der Waals surface area contributed by atoms with Crippen LogP contribution in [0, 0.1) is 11.8 Å². The molecule has 0 radical (unpaired) electrons. The maximum absolute atomic E-state index is 14.7. The van der Waals surface area contributed by atoms with Gasteiger partial charge in [0.05, 0.1) is 40.0 Å². The highest BCUT2D eigenvalue weighted by Crippen LogP contribution is 2.45. The Morgan fingerprint density at radius 3 is 2.56 bits per heavy atom. The zero-order valence-electron chi connectivity index (χ0n) is 24.0. The van der Waals surface area contributed by atoms with E-state index in [9.17, 15) is 30.9 Å².